The number of carbonyl (C=O) groups excluding carboxylic acids is 1. The van der Waals surface area contributed by atoms with Crippen molar-refractivity contribution in [3.63, 3.8) is 0 Å². The summed E-state index contributed by atoms with van der Waals surface area (Å²) in [7, 11) is 0. The molecule has 19 heavy (non-hydrogen) atoms. The van der Waals surface area contributed by atoms with Crippen LogP contribution in [-0.4, -0.2) is 28.9 Å². The second-order valence-electron chi connectivity index (χ2n) is 4.29. The van der Waals surface area contributed by atoms with Crippen LogP contribution in [0.2, 0.25) is 0 Å². The third-order valence-corrected chi connectivity index (χ3v) is 2.92. The fraction of sp³-hybridized carbons (Fsp3) is 0.133. The van der Waals surface area contributed by atoms with Crippen molar-refractivity contribution in [3.8, 4) is 0 Å². The van der Waals surface area contributed by atoms with Crippen molar-refractivity contribution in [2.75, 3.05) is 18.8 Å². The molecule has 0 saturated heterocycles. The maximum Gasteiger partial charge on any atom is 0.256 e. The molecule has 0 aliphatic rings. The van der Waals surface area contributed by atoms with Gasteiger partial charge in [0, 0.05) is 35.9 Å². The number of nitrogens with one attached hydrogen (secondary N) is 1. The van der Waals surface area contributed by atoms with Gasteiger partial charge in [-0.15, -0.1) is 13.2 Å². The molecule has 4 heteroatoms. The zero-order valence-corrected chi connectivity index (χ0v) is 10.7. The molecular formula is C15H17N3O. The van der Waals surface area contributed by atoms with Crippen molar-refractivity contribution >= 4 is 22.5 Å². The van der Waals surface area contributed by atoms with Gasteiger partial charge >= 0.3 is 0 Å². The van der Waals surface area contributed by atoms with E-state index in [-0.39, 0.29) is 5.91 Å². The Morgan fingerprint density at radius 1 is 1.32 bits per heavy atom. The number of nitrogen functional groups attached to an aromatic ring is 1. The summed E-state index contributed by atoms with van der Waals surface area (Å²) in [6.07, 6.45) is 5.11. The maximum absolute atomic E-state index is 12.5. The number of fused-ring (bicyclic) bond motifs is 1. The van der Waals surface area contributed by atoms with Gasteiger partial charge in [-0.1, -0.05) is 12.2 Å². The zero-order chi connectivity index (χ0) is 13.8. The number of amides is 1. The smallest absolute Gasteiger partial charge is 0.256 e. The first-order valence-electron chi connectivity index (χ1n) is 6.05. The Bertz CT molecular complexity index is 617. The van der Waals surface area contributed by atoms with Crippen LogP contribution in [0, 0.1) is 0 Å². The van der Waals surface area contributed by atoms with Gasteiger partial charge in [0.25, 0.3) is 5.91 Å². The quantitative estimate of drug-likeness (QED) is 0.637. The van der Waals surface area contributed by atoms with Crippen molar-refractivity contribution in [1.29, 1.82) is 0 Å². The molecule has 0 atom stereocenters. The van der Waals surface area contributed by atoms with Gasteiger partial charge in [-0.05, 0) is 18.2 Å². The van der Waals surface area contributed by atoms with Crippen molar-refractivity contribution in [2.45, 2.75) is 0 Å². The summed E-state index contributed by atoms with van der Waals surface area (Å²) >= 11 is 0. The lowest BCUT2D eigenvalue weighted by molar-refractivity contribution is 0.0793. The highest BCUT2D eigenvalue weighted by Gasteiger charge is 2.17. The number of rotatable bonds is 5. The van der Waals surface area contributed by atoms with Crippen molar-refractivity contribution in [2.24, 2.45) is 0 Å². The number of hydrogen-bond acceptors (Lipinski definition) is 2. The number of aromatic nitrogens is 1. The summed E-state index contributed by atoms with van der Waals surface area (Å²) in [6.45, 7) is 8.31. The van der Waals surface area contributed by atoms with E-state index in [0.29, 0.717) is 24.3 Å². The summed E-state index contributed by atoms with van der Waals surface area (Å²) in [5.41, 5.74) is 7.93. The number of aromatic amines is 1. The Balaban J connectivity index is 2.42. The Hall–Kier alpha value is -2.49. The number of nitrogens with zero attached hydrogens (tertiary/aromatic N) is 1. The molecule has 0 aliphatic heterocycles. The molecule has 0 spiro atoms. The molecule has 2 rings (SSSR count). The van der Waals surface area contributed by atoms with E-state index in [1.54, 1.807) is 35.4 Å². The van der Waals surface area contributed by atoms with Gasteiger partial charge in [0.2, 0.25) is 0 Å². The maximum atomic E-state index is 12.5. The zero-order valence-electron chi connectivity index (χ0n) is 10.7. The fourth-order valence-corrected chi connectivity index (χ4v) is 2.04. The van der Waals surface area contributed by atoms with E-state index in [9.17, 15) is 4.79 Å². The van der Waals surface area contributed by atoms with Gasteiger partial charge in [0.05, 0.1) is 5.56 Å². The highest BCUT2D eigenvalue weighted by Crippen LogP contribution is 2.22. The van der Waals surface area contributed by atoms with Crippen molar-refractivity contribution < 1.29 is 4.79 Å². The van der Waals surface area contributed by atoms with E-state index < -0.39 is 0 Å². The van der Waals surface area contributed by atoms with E-state index in [0.717, 1.165) is 10.9 Å². The van der Waals surface area contributed by atoms with Crippen LogP contribution in [0.5, 0.6) is 0 Å². The highest BCUT2D eigenvalue weighted by atomic mass is 16.2. The van der Waals surface area contributed by atoms with Crippen LogP contribution in [-0.2, 0) is 0 Å². The average molecular weight is 255 g/mol. The van der Waals surface area contributed by atoms with Gasteiger partial charge in [0.15, 0.2) is 0 Å². The summed E-state index contributed by atoms with van der Waals surface area (Å²) < 4.78 is 0. The molecule has 3 N–H and O–H groups in total. The largest absolute Gasteiger partial charge is 0.399 e. The molecule has 4 nitrogen and oxygen atoms in total. The molecule has 1 aromatic carbocycles. The first-order chi connectivity index (χ1) is 9.17. The molecule has 0 fully saturated rings. The predicted molar refractivity (Wildman–Crippen MR) is 79.0 cm³/mol. The van der Waals surface area contributed by atoms with Gasteiger partial charge in [-0.25, -0.2) is 0 Å². The standard InChI is InChI=1S/C15H17N3O/c1-3-7-18(8-4-2)15(19)13-10-17-14-6-5-11(16)9-12(13)14/h3-6,9-10,17H,1-2,7-8,16H2. The molecule has 0 radical (unpaired) electrons. The molecule has 0 aliphatic carbocycles. The second-order valence-corrected chi connectivity index (χ2v) is 4.29. The summed E-state index contributed by atoms with van der Waals surface area (Å²) in [5.74, 6) is -0.0587. The summed E-state index contributed by atoms with van der Waals surface area (Å²) in [4.78, 5) is 17.2. The lowest BCUT2D eigenvalue weighted by Crippen LogP contribution is -2.31. The number of H-pyrrole nitrogens is 1. The van der Waals surface area contributed by atoms with Crippen LogP contribution >= 0.6 is 0 Å². The van der Waals surface area contributed by atoms with E-state index >= 15 is 0 Å². The van der Waals surface area contributed by atoms with Crippen molar-refractivity contribution in [3.05, 3.63) is 55.3 Å². The number of carbonyl (C=O) groups is 1. The minimum absolute atomic E-state index is 0.0587. The van der Waals surface area contributed by atoms with Crippen LogP contribution in [0.1, 0.15) is 10.4 Å². The fourth-order valence-electron chi connectivity index (χ4n) is 2.04. The van der Waals surface area contributed by atoms with Crippen LogP contribution in [0.15, 0.2) is 49.7 Å². The molecule has 1 amide bonds. The lowest BCUT2D eigenvalue weighted by Gasteiger charge is -2.18. The van der Waals surface area contributed by atoms with Gasteiger partial charge in [-0.2, -0.15) is 0 Å². The third-order valence-electron chi connectivity index (χ3n) is 2.92. The predicted octanol–water partition coefficient (Wildman–Crippen LogP) is 2.56. The number of anilines is 1. The minimum Gasteiger partial charge on any atom is -0.399 e. The summed E-state index contributed by atoms with van der Waals surface area (Å²) in [5, 5.41) is 0.836. The molecular weight excluding hydrogens is 238 g/mol. The topological polar surface area (TPSA) is 62.1 Å². The first kappa shape index (κ1) is 13.0. The molecule has 0 saturated carbocycles. The van der Waals surface area contributed by atoms with Crippen LogP contribution in [0.4, 0.5) is 5.69 Å². The SMILES string of the molecule is C=CCN(CC=C)C(=O)c1c[nH]c2ccc(N)cc12. The Morgan fingerprint density at radius 2 is 2.00 bits per heavy atom. The van der Waals surface area contributed by atoms with Crippen molar-refractivity contribution in [1.82, 2.24) is 9.88 Å². The molecule has 2 aromatic rings. The van der Waals surface area contributed by atoms with E-state index in [4.69, 9.17) is 5.73 Å². The van der Waals surface area contributed by atoms with E-state index in [1.165, 1.54) is 0 Å². The first-order valence-corrected chi connectivity index (χ1v) is 6.05. The van der Waals surface area contributed by atoms with Gasteiger partial charge in [0.1, 0.15) is 0 Å². The monoisotopic (exact) mass is 255 g/mol. The highest BCUT2D eigenvalue weighted by molar-refractivity contribution is 6.07. The Labute approximate surface area is 112 Å². The normalized spacial score (nSPS) is 10.3. The Morgan fingerprint density at radius 3 is 2.63 bits per heavy atom. The minimum atomic E-state index is -0.0587. The van der Waals surface area contributed by atoms with Crippen LogP contribution in [0.25, 0.3) is 10.9 Å². The second kappa shape index (κ2) is 5.44. The Kier molecular flexibility index (Phi) is 3.71. The molecule has 0 bridgehead atoms. The average Bonchev–Trinajstić information content (AvgIpc) is 2.80. The number of benzene rings is 1. The molecule has 0 unspecified atom stereocenters. The van der Waals surface area contributed by atoms with Crippen LogP contribution in [0.3, 0.4) is 0 Å². The number of hydrogen-bond donors (Lipinski definition) is 2. The van der Waals surface area contributed by atoms with Gasteiger partial charge in [-0.3, -0.25) is 4.79 Å². The van der Waals surface area contributed by atoms with E-state index in [1.807, 2.05) is 6.07 Å². The molecule has 1 aromatic heterocycles. The molecule has 1 heterocycles. The van der Waals surface area contributed by atoms with Gasteiger partial charge < -0.3 is 15.6 Å². The van der Waals surface area contributed by atoms with Crippen LogP contribution < -0.4 is 5.73 Å². The lowest BCUT2D eigenvalue weighted by atomic mass is 10.1. The third kappa shape index (κ3) is 2.52. The van der Waals surface area contributed by atoms with E-state index in [2.05, 4.69) is 18.1 Å². The number of nitrogens with two attached hydrogens (primary N) is 1. The molecule has 98 valence electrons. The summed E-state index contributed by atoms with van der Waals surface area (Å²) in [6, 6.07) is 5.48.